The lowest BCUT2D eigenvalue weighted by Gasteiger charge is -2.04. The van der Waals surface area contributed by atoms with Crippen LogP contribution >= 0.6 is 0 Å². The zero-order valence-electron chi connectivity index (χ0n) is 12.7. The van der Waals surface area contributed by atoms with Crippen molar-refractivity contribution in [3.8, 4) is 17.0 Å². The second-order valence-electron chi connectivity index (χ2n) is 5.21. The van der Waals surface area contributed by atoms with E-state index in [2.05, 4.69) is 14.7 Å². The van der Waals surface area contributed by atoms with Crippen LogP contribution in [0.15, 0.2) is 47.5 Å². The molecule has 3 rings (SSSR count). The van der Waals surface area contributed by atoms with E-state index >= 15 is 0 Å². The number of primary sulfonamides is 1. The first-order valence-electron chi connectivity index (χ1n) is 6.96. The van der Waals surface area contributed by atoms with Crippen molar-refractivity contribution in [3.05, 3.63) is 42.6 Å². The quantitative estimate of drug-likeness (QED) is 0.672. The normalized spacial score (nSPS) is 12.3. The van der Waals surface area contributed by atoms with E-state index < -0.39 is 28.0 Å². The van der Waals surface area contributed by atoms with Crippen LogP contribution in [0, 0.1) is 0 Å². The van der Waals surface area contributed by atoms with Crippen LogP contribution in [0.5, 0.6) is 5.88 Å². The fourth-order valence-corrected chi connectivity index (χ4v) is 2.81. The summed E-state index contributed by atoms with van der Waals surface area (Å²) in [5.74, 6) is -2.77. The highest BCUT2D eigenvalue weighted by Crippen LogP contribution is 2.31. The van der Waals surface area contributed by atoms with Gasteiger partial charge in [0, 0.05) is 17.6 Å². The van der Waals surface area contributed by atoms with Crippen LogP contribution in [-0.4, -0.2) is 30.5 Å². The molecule has 0 atom stereocenters. The van der Waals surface area contributed by atoms with Gasteiger partial charge in [-0.2, -0.15) is 13.2 Å². The second kappa shape index (κ2) is 6.11. The number of carbonyl (C=O) groups excluding carboxylic acids is 1. The first-order chi connectivity index (χ1) is 12.1. The van der Waals surface area contributed by atoms with E-state index in [0.717, 1.165) is 0 Å². The highest BCUT2D eigenvalue weighted by molar-refractivity contribution is 7.89. The van der Waals surface area contributed by atoms with Crippen LogP contribution in [0.3, 0.4) is 0 Å². The summed E-state index contributed by atoms with van der Waals surface area (Å²) in [4.78, 5) is 17.3. The molecule has 3 N–H and O–H groups in total. The summed E-state index contributed by atoms with van der Waals surface area (Å²) in [5.41, 5.74) is 1.31. The van der Waals surface area contributed by atoms with Gasteiger partial charge in [-0.25, -0.2) is 23.3 Å². The number of esters is 1. The Morgan fingerprint density at radius 1 is 1.15 bits per heavy atom. The number of benzene rings is 1. The van der Waals surface area contributed by atoms with Crippen molar-refractivity contribution in [1.29, 1.82) is 0 Å². The van der Waals surface area contributed by atoms with E-state index in [-0.39, 0.29) is 10.5 Å². The number of aromatic nitrogens is 2. The number of halogens is 3. The lowest BCUT2D eigenvalue weighted by Crippen LogP contribution is -2.28. The average molecular weight is 385 g/mol. The van der Waals surface area contributed by atoms with Gasteiger partial charge in [-0.1, -0.05) is 12.1 Å². The molecule has 0 unspecified atom stereocenters. The molecular weight excluding hydrogens is 375 g/mol. The number of alkyl halides is 3. The molecule has 7 nitrogen and oxygen atoms in total. The molecule has 0 spiro atoms. The monoisotopic (exact) mass is 385 g/mol. The smallest absolute Gasteiger partial charge is 0.403 e. The van der Waals surface area contributed by atoms with Crippen molar-refractivity contribution in [1.82, 2.24) is 9.97 Å². The minimum Gasteiger partial charge on any atom is -0.403 e. The minimum atomic E-state index is -5.13. The molecule has 0 radical (unpaired) electrons. The number of ether oxygens (including phenoxy) is 1. The lowest BCUT2D eigenvalue weighted by molar-refractivity contribution is -0.189. The van der Waals surface area contributed by atoms with Gasteiger partial charge in [-0.3, -0.25) is 0 Å². The van der Waals surface area contributed by atoms with Gasteiger partial charge in [0.25, 0.3) is 0 Å². The van der Waals surface area contributed by atoms with E-state index in [1.54, 1.807) is 6.07 Å². The summed E-state index contributed by atoms with van der Waals surface area (Å²) in [6.45, 7) is 0. The third-order valence-corrected chi connectivity index (χ3v) is 4.36. The zero-order chi connectivity index (χ0) is 19.1. The number of aromatic amines is 1. The fourth-order valence-electron chi connectivity index (χ4n) is 2.29. The molecule has 11 heteroatoms. The van der Waals surface area contributed by atoms with E-state index in [4.69, 9.17) is 5.14 Å². The van der Waals surface area contributed by atoms with Crippen molar-refractivity contribution in [2.45, 2.75) is 11.1 Å². The van der Waals surface area contributed by atoms with Crippen molar-refractivity contribution in [2.75, 3.05) is 0 Å². The van der Waals surface area contributed by atoms with Gasteiger partial charge in [0.15, 0.2) is 0 Å². The van der Waals surface area contributed by atoms with Crippen LogP contribution in [0.4, 0.5) is 13.2 Å². The van der Waals surface area contributed by atoms with Gasteiger partial charge in [0.1, 0.15) is 5.65 Å². The van der Waals surface area contributed by atoms with Crippen LogP contribution in [0.1, 0.15) is 0 Å². The zero-order valence-corrected chi connectivity index (χ0v) is 13.6. The molecule has 0 saturated carbocycles. The number of fused-ring (bicyclic) bond motifs is 1. The van der Waals surface area contributed by atoms with E-state index in [0.29, 0.717) is 16.5 Å². The summed E-state index contributed by atoms with van der Waals surface area (Å²) in [6, 6.07) is 8.36. The van der Waals surface area contributed by atoms with Crippen LogP contribution < -0.4 is 9.88 Å². The summed E-state index contributed by atoms with van der Waals surface area (Å²) < 4.78 is 63.8. The number of hydrogen-bond donors (Lipinski definition) is 2. The maximum absolute atomic E-state index is 12.3. The Hall–Kier alpha value is -2.92. The fraction of sp³-hybridized carbons (Fsp3) is 0.0667. The van der Waals surface area contributed by atoms with Crippen molar-refractivity contribution in [2.24, 2.45) is 5.14 Å². The molecule has 0 fully saturated rings. The van der Waals surface area contributed by atoms with Crippen LogP contribution in [0.2, 0.25) is 0 Å². The predicted molar refractivity (Wildman–Crippen MR) is 84.6 cm³/mol. The maximum Gasteiger partial charge on any atom is 0.491 e. The standard InChI is InChI=1S/C15H10F3N3O4S/c16-15(17,18)14(22)25-12-7-11-10(5-6-20-13(11)21-12)8-1-3-9(4-2-8)26(19,23)24/h1-7H,(H,20,21)(H2,19,23,24). The number of pyridine rings is 1. The summed E-state index contributed by atoms with van der Waals surface area (Å²) in [5, 5.41) is 5.43. The van der Waals surface area contributed by atoms with Gasteiger partial charge in [-0.15, -0.1) is 0 Å². The van der Waals surface area contributed by atoms with Crippen LogP contribution in [0.25, 0.3) is 22.2 Å². The largest absolute Gasteiger partial charge is 0.491 e. The van der Waals surface area contributed by atoms with Gasteiger partial charge in [-0.05, 0) is 29.3 Å². The van der Waals surface area contributed by atoms with E-state index in [1.165, 1.54) is 36.5 Å². The highest BCUT2D eigenvalue weighted by Gasteiger charge is 2.41. The Balaban J connectivity index is 2.01. The number of nitrogens with two attached hydrogens (primary N) is 1. The van der Waals surface area contributed by atoms with Gasteiger partial charge in [0.05, 0.1) is 4.90 Å². The number of H-pyrrole nitrogens is 1. The minimum absolute atomic E-state index is 0.0829. The maximum atomic E-state index is 12.3. The average Bonchev–Trinajstić information content (AvgIpc) is 2.95. The third-order valence-electron chi connectivity index (χ3n) is 3.44. The lowest BCUT2D eigenvalue weighted by atomic mass is 10.0. The SMILES string of the molecule is NS(=O)(=O)c1ccc(-c2ccnc3[nH]c(OC(=O)C(F)(F)F)cc23)cc1. The molecule has 0 aliphatic rings. The molecule has 0 saturated heterocycles. The number of carbonyl (C=O) groups is 1. The van der Waals surface area contributed by atoms with Gasteiger partial charge in [0.2, 0.25) is 15.9 Å². The highest BCUT2D eigenvalue weighted by atomic mass is 32.2. The van der Waals surface area contributed by atoms with Gasteiger partial charge < -0.3 is 9.72 Å². The predicted octanol–water partition coefficient (Wildman–Crippen LogP) is 2.35. The first-order valence-corrected chi connectivity index (χ1v) is 8.50. The molecule has 26 heavy (non-hydrogen) atoms. The van der Waals surface area contributed by atoms with Gasteiger partial charge >= 0.3 is 12.1 Å². The molecule has 2 heterocycles. The molecule has 0 aliphatic carbocycles. The number of nitrogens with one attached hydrogen (secondary N) is 1. The Labute approximate surface area is 144 Å². The first kappa shape index (κ1) is 17.9. The Morgan fingerprint density at radius 3 is 2.38 bits per heavy atom. The Bertz CT molecular complexity index is 1090. The third kappa shape index (κ3) is 3.53. The molecule has 0 amide bonds. The van der Waals surface area contributed by atoms with Crippen molar-refractivity contribution >= 4 is 27.0 Å². The topological polar surface area (TPSA) is 115 Å². The molecule has 3 aromatic rings. The van der Waals surface area contributed by atoms with Crippen molar-refractivity contribution in [3.63, 3.8) is 0 Å². The Kier molecular flexibility index (Phi) is 4.20. The number of nitrogens with zero attached hydrogens (tertiary/aromatic N) is 1. The van der Waals surface area contributed by atoms with E-state index in [9.17, 15) is 26.4 Å². The molecule has 0 aliphatic heterocycles. The summed E-state index contributed by atoms with van der Waals surface area (Å²) in [6.07, 6.45) is -3.73. The molecule has 1 aromatic carbocycles. The van der Waals surface area contributed by atoms with Crippen LogP contribution in [-0.2, 0) is 14.8 Å². The molecule has 2 aromatic heterocycles. The number of sulfonamides is 1. The molecule has 136 valence electrons. The van der Waals surface area contributed by atoms with Crippen molar-refractivity contribution < 1.29 is 31.1 Å². The Morgan fingerprint density at radius 2 is 1.81 bits per heavy atom. The van der Waals surface area contributed by atoms with E-state index in [1.807, 2.05) is 0 Å². The molecule has 0 bridgehead atoms. The summed E-state index contributed by atoms with van der Waals surface area (Å²) >= 11 is 0. The summed E-state index contributed by atoms with van der Waals surface area (Å²) in [7, 11) is -3.85. The molecular formula is C15H10F3N3O4S. The number of hydrogen-bond acceptors (Lipinski definition) is 5. The number of rotatable bonds is 3. The second-order valence-corrected chi connectivity index (χ2v) is 6.77.